The minimum atomic E-state index is -1.65. The first-order valence-electron chi connectivity index (χ1n) is 8.51. The highest BCUT2D eigenvalue weighted by Crippen LogP contribution is 2.36. The summed E-state index contributed by atoms with van der Waals surface area (Å²) in [5.74, 6) is -5.80. The van der Waals surface area contributed by atoms with E-state index < -0.39 is 35.0 Å². The summed E-state index contributed by atoms with van der Waals surface area (Å²) in [6.45, 7) is 2.17. The Labute approximate surface area is 150 Å². The van der Waals surface area contributed by atoms with Gasteiger partial charge in [-0.25, -0.2) is 22.4 Å². The van der Waals surface area contributed by atoms with Gasteiger partial charge in [0.15, 0.2) is 17.5 Å². The summed E-state index contributed by atoms with van der Waals surface area (Å²) in [5, 5.41) is 0. The molecule has 0 atom stereocenters. The van der Waals surface area contributed by atoms with Crippen molar-refractivity contribution in [1.82, 2.24) is 0 Å². The van der Waals surface area contributed by atoms with Crippen molar-refractivity contribution < 1.29 is 28.5 Å². The SMILES string of the molecule is CC1CCC(c2ccc(C(=O)Oc3cc(F)c(F)c(F)c3)cc2F)CC1.[HH]. The lowest BCUT2D eigenvalue weighted by Crippen LogP contribution is -2.14. The lowest BCUT2D eigenvalue weighted by atomic mass is 9.79. The zero-order valence-electron chi connectivity index (χ0n) is 14.2. The molecule has 1 aliphatic rings. The van der Waals surface area contributed by atoms with Crippen LogP contribution >= 0.6 is 0 Å². The van der Waals surface area contributed by atoms with Gasteiger partial charge in [0, 0.05) is 13.6 Å². The molecule has 140 valence electrons. The number of rotatable bonds is 3. The number of hydrogen-bond donors (Lipinski definition) is 0. The number of esters is 1. The van der Waals surface area contributed by atoms with Gasteiger partial charge in [-0.15, -0.1) is 0 Å². The van der Waals surface area contributed by atoms with Crippen molar-refractivity contribution >= 4 is 5.97 Å². The largest absolute Gasteiger partial charge is 0.423 e. The average Bonchev–Trinajstić information content (AvgIpc) is 2.60. The van der Waals surface area contributed by atoms with E-state index in [1.54, 1.807) is 6.07 Å². The molecule has 1 aliphatic carbocycles. The van der Waals surface area contributed by atoms with Gasteiger partial charge in [0.25, 0.3) is 0 Å². The van der Waals surface area contributed by atoms with Gasteiger partial charge in [0.05, 0.1) is 5.56 Å². The van der Waals surface area contributed by atoms with Gasteiger partial charge >= 0.3 is 5.97 Å². The number of hydrogen-bond acceptors (Lipinski definition) is 2. The third-order valence-corrected chi connectivity index (χ3v) is 4.86. The van der Waals surface area contributed by atoms with Gasteiger partial charge in [-0.05, 0) is 42.4 Å². The fourth-order valence-electron chi connectivity index (χ4n) is 3.31. The van der Waals surface area contributed by atoms with Gasteiger partial charge in [-0.2, -0.15) is 0 Å². The van der Waals surface area contributed by atoms with Crippen molar-refractivity contribution in [3.05, 3.63) is 64.7 Å². The van der Waals surface area contributed by atoms with Crippen molar-refractivity contribution in [1.29, 1.82) is 0 Å². The Morgan fingerprint density at radius 2 is 1.58 bits per heavy atom. The predicted octanol–water partition coefficient (Wildman–Crippen LogP) is 6.00. The van der Waals surface area contributed by atoms with E-state index >= 15 is 0 Å². The normalized spacial score (nSPS) is 20.0. The maximum absolute atomic E-state index is 14.4. The van der Waals surface area contributed by atoms with Crippen LogP contribution in [0, 0.1) is 29.2 Å². The highest BCUT2D eigenvalue weighted by Gasteiger charge is 2.23. The summed E-state index contributed by atoms with van der Waals surface area (Å²) >= 11 is 0. The Morgan fingerprint density at radius 1 is 0.962 bits per heavy atom. The molecule has 0 N–H and O–H groups in total. The molecule has 1 fully saturated rings. The van der Waals surface area contributed by atoms with E-state index in [9.17, 15) is 22.4 Å². The molecule has 26 heavy (non-hydrogen) atoms. The van der Waals surface area contributed by atoms with Crippen LogP contribution in [-0.4, -0.2) is 5.97 Å². The first kappa shape index (κ1) is 18.4. The second-order valence-electron chi connectivity index (χ2n) is 6.78. The zero-order chi connectivity index (χ0) is 18.8. The van der Waals surface area contributed by atoms with Crippen molar-refractivity contribution in [2.75, 3.05) is 0 Å². The number of ether oxygens (including phenoxy) is 1. The van der Waals surface area contributed by atoms with Crippen molar-refractivity contribution in [3.8, 4) is 5.75 Å². The lowest BCUT2D eigenvalue weighted by molar-refractivity contribution is 0.0733. The van der Waals surface area contributed by atoms with Crippen LogP contribution in [0.2, 0.25) is 0 Å². The van der Waals surface area contributed by atoms with E-state index in [0.717, 1.165) is 31.7 Å². The summed E-state index contributed by atoms with van der Waals surface area (Å²) in [6.07, 6.45) is 3.87. The maximum atomic E-state index is 14.4. The molecular weight excluding hydrogens is 348 g/mol. The van der Waals surface area contributed by atoms with Gasteiger partial charge in [-0.1, -0.05) is 25.8 Å². The monoisotopic (exact) mass is 368 g/mol. The molecular formula is C20H20F4O2. The van der Waals surface area contributed by atoms with Crippen LogP contribution in [0.4, 0.5) is 17.6 Å². The smallest absolute Gasteiger partial charge is 0.343 e. The number of halogens is 4. The van der Waals surface area contributed by atoms with Crippen LogP contribution in [0.15, 0.2) is 30.3 Å². The molecule has 1 saturated carbocycles. The molecule has 2 aromatic rings. The summed E-state index contributed by atoms with van der Waals surface area (Å²) in [5.41, 5.74) is 0.480. The quantitative estimate of drug-likeness (QED) is 0.287. The minimum Gasteiger partial charge on any atom is -0.423 e. The first-order valence-corrected chi connectivity index (χ1v) is 8.51. The van der Waals surface area contributed by atoms with Gasteiger partial charge in [0.2, 0.25) is 0 Å². The molecule has 2 aromatic carbocycles. The Morgan fingerprint density at radius 3 is 2.15 bits per heavy atom. The first-order chi connectivity index (χ1) is 12.3. The summed E-state index contributed by atoms with van der Waals surface area (Å²) in [7, 11) is 0. The van der Waals surface area contributed by atoms with Crippen molar-refractivity contribution in [2.24, 2.45) is 5.92 Å². The molecule has 0 heterocycles. The van der Waals surface area contributed by atoms with Crippen LogP contribution in [0.3, 0.4) is 0 Å². The Balaban J connectivity index is 0.00000261. The number of carbonyl (C=O) groups is 1. The minimum absolute atomic E-state index is 0. The van der Waals surface area contributed by atoms with Crippen LogP contribution < -0.4 is 4.74 Å². The van der Waals surface area contributed by atoms with Crippen molar-refractivity contribution in [3.63, 3.8) is 0 Å². The number of benzene rings is 2. The molecule has 0 aromatic heterocycles. The molecule has 3 rings (SSSR count). The predicted molar refractivity (Wildman–Crippen MR) is 90.2 cm³/mol. The molecule has 0 radical (unpaired) electrons. The maximum Gasteiger partial charge on any atom is 0.343 e. The highest BCUT2D eigenvalue weighted by molar-refractivity contribution is 5.91. The molecule has 0 saturated heterocycles. The van der Waals surface area contributed by atoms with Gasteiger partial charge in [0.1, 0.15) is 11.6 Å². The highest BCUT2D eigenvalue weighted by atomic mass is 19.2. The van der Waals surface area contributed by atoms with E-state index in [1.165, 1.54) is 6.07 Å². The van der Waals surface area contributed by atoms with E-state index in [4.69, 9.17) is 4.74 Å². The average molecular weight is 368 g/mol. The Kier molecular flexibility index (Phi) is 5.30. The van der Waals surface area contributed by atoms with E-state index in [-0.39, 0.29) is 12.9 Å². The van der Waals surface area contributed by atoms with Gasteiger partial charge in [-0.3, -0.25) is 0 Å². The second kappa shape index (κ2) is 7.48. The van der Waals surface area contributed by atoms with Crippen LogP contribution in [0.1, 0.15) is 55.9 Å². The van der Waals surface area contributed by atoms with Crippen LogP contribution in [-0.2, 0) is 0 Å². The third-order valence-electron chi connectivity index (χ3n) is 4.86. The van der Waals surface area contributed by atoms with E-state index in [1.807, 2.05) is 0 Å². The lowest BCUT2D eigenvalue weighted by Gasteiger charge is -2.26. The zero-order valence-corrected chi connectivity index (χ0v) is 14.2. The van der Waals surface area contributed by atoms with Gasteiger partial charge < -0.3 is 4.74 Å². The molecule has 0 amide bonds. The Bertz CT molecular complexity index is 810. The second-order valence-corrected chi connectivity index (χ2v) is 6.78. The summed E-state index contributed by atoms with van der Waals surface area (Å²) < 4.78 is 58.5. The molecule has 2 nitrogen and oxygen atoms in total. The van der Waals surface area contributed by atoms with Crippen LogP contribution in [0.25, 0.3) is 0 Å². The molecule has 0 spiro atoms. The van der Waals surface area contributed by atoms with Crippen molar-refractivity contribution in [2.45, 2.75) is 38.5 Å². The summed E-state index contributed by atoms with van der Waals surface area (Å²) in [6, 6.07) is 5.16. The summed E-state index contributed by atoms with van der Waals surface area (Å²) in [4.78, 5) is 12.1. The molecule has 0 unspecified atom stereocenters. The third kappa shape index (κ3) is 3.89. The van der Waals surface area contributed by atoms with E-state index in [2.05, 4.69) is 6.92 Å². The topological polar surface area (TPSA) is 26.3 Å². The fourth-order valence-corrected chi connectivity index (χ4v) is 3.31. The fraction of sp³-hybridized carbons (Fsp3) is 0.350. The number of carbonyl (C=O) groups excluding carboxylic acids is 1. The molecule has 6 heteroatoms. The Hall–Kier alpha value is -2.37. The molecule has 0 bridgehead atoms. The standard InChI is InChI=1S/C20H18F4O2.H2/c1-11-2-4-12(5-3-11)15-7-6-13(8-16(15)21)20(25)26-14-9-17(22)19(24)18(23)10-14;/h6-12H,2-5H2,1H3;1H. The molecule has 0 aliphatic heterocycles. The van der Waals surface area contributed by atoms with E-state index in [0.29, 0.717) is 23.6 Å². The van der Waals surface area contributed by atoms with Crippen LogP contribution in [0.5, 0.6) is 5.75 Å².